The maximum Gasteiger partial charge on any atom is 0.418 e. The number of nitrogens with one attached hydrogen (secondary N) is 2. The number of pyridine rings is 1. The van der Waals surface area contributed by atoms with E-state index in [9.17, 15) is 13.2 Å². The molecule has 0 saturated heterocycles. The highest BCUT2D eigenvalue weighted by atomic mass is 19.4. The second-order valence-corrected chi connectivity index (χ2v) is 8.28. The highest BCUT2D eigenvalue weighted by molar-refractivity contribution is 5.98. The van der Waals surface area contributed by atoms with Crippen LogP contribution in [0.1, 0.15) is 24.0 Å². The second kappa shape index (κ2) is 7.79. The zero-order valence-electron chi connectivity index (χ0n) is 17.8. The lowest BCUT2D eigenvalue weighted by atomic mass is 10.0. The predicted molar refractivity (Wildman–Crippen MR) is 122 cm³/mol. The summed E-state index contributed by atoms with van der Waals surface area (Å²) in [5, 5.41) is 6.12. The normalized spacial score (nSPS) is 15.4. The van der Waals surface area contributed by atoms with Gasteiger partial charge in [0.1, 0.15) is 11.3 Å². The molecule has 2 N–H and O–H groups in total. The molecule has 1 aliphatic carbocycles. The van der Waals surface area contributed by atoms with Crippen molar-refractivity contribution in [3.63, 3.8) is 0 Å². The summed E-state index contributed by atoms with van der Waals surface area (Å²) in [5.74, 6) is 0.676. The van der Waals surface area contributed by atoms with E-state index in [1.807, 2.05) is 4.57 Å². The number of aromatic nitrogens is 5. The van der Waals surface area contributed by atoms with Crippen LogP contribution in [0.4, 0.5) is 30.5 Å². The quantitative estimate of drug-likeness (QED) is 0.446. The highest BCUT2D eigenvalue weighted by Crippen LogP contribution is 2.43. The fourth-order valence-corrected chi connectivity index (χ4v) is 4.13. The van der Waals surface area contributed by atoms with Gasteiger partial charge >= 0.3 is 6.18 Å². The lowest BCUT2D eigenvalue weighted by Crippen LogP contribution is -2.14. The number of rotatable bonds is 5. The molecule has 172 valence electrons. The monoisotopic (exact) mass is 464 g/mol. The molecule has 34 heavy (non-hydrogen) atoms. The Morgan fingerprint density at radius 3 is 2.62 bits per heavy atom. The van der Waals surface area contributed by atoms with Gasteiger partial charge in [-0.3, -0.25) is 9.98 Å². The van der Waals surface area contributed by atoms with E-state index in [1.165, 1.54) is 6.07 Å². The van der Waals surface area contributed by atoms with Gasteiger partial charge in [-0.25, -0.2) is 15.0 Å². The molecule has 1 saturated carbocycles. The van der Waals surface area contributed by atoms with Gasteiger partial charge in [0.2, 0.25) is 5.95 Å². The van der Waals surface area contributed by atoms with Crippen LogP contribution in [0.15, 0.2) is 48.0 Å². The van der Waals surface area contributed by atoms with Gasteiger partial charge < -0.3 is 15.2 Å². The molecule has 0 bridgehead atoms. The van der Waals surface area contributed by atoms with E-state index in [4.69, 9.17) is 4.98 Å². The molecule has 0 amide bonds. The van der Waals surface area contributed by atoms with Gasteiger partial charge in [-0.05, 0) is 31.0 Å². The number of anilines is 3. The maximum atomic E-state index is 14.2. The molecule has 0 radical (unpaired) electrons. The molecule has 6 rings (SSSR count). The van der Waals surface area contributed by atoms with Crippen molar-refractivity contribution in [3.8, 4) is 11.4 Å². The Bertz CT molecular complexity index is 1410. The van der Waals surface area contributed by atoms with Crippen LogP contribution in [0, 0.1) is 0 Å². The Morgan fingerprint density at radius 1 is 1.03 bits per heavy atom. The van der Waals surface area contributed by atoms with Crippen molar-refractivity contribution in [1.29, 1.82) is 0 Å². The average molecular weight is 464 g/mol. The van der Waals surface area contributed by atoms with E-state index in [0.717, 1.165) is 30.0 Å². The van der Waals surface area contributed by atoms with Gasteiger partial charge in [-0.15, -0.1) is 0 Å². The van der Waals surface area contributed by atoms with Gasteiger partial charge in [0, 0.05) is 54.2 Å². The molecule has 1 fully saturated rings. The molecule has 0 spiro atoms. The summed E-state index contributed by atoms with van der Waals surface area (Å²) in [5.41, 5.74) is 2.17. The number of imidazole rings is 1. The van der Waals surface area contributed by atoms with Crippen molar-refractivity contribution in [2.45, 2.75) is 31.6 Å². The lowest BCUT2D eigenvalue weighted by molar-refractivity contribution is -0.136. The van der Waals surface area contributed by atoms with Crippen molar-refractivity contribution >= 4 is 34.6 Å². The van der Waals surface area contributed by atoms with Crippen molar-refractivity contribution in [2.75, 3.05) is 17.2 Å². The molecular weight excluding hydrogens is 445 g/mol. The van der Waals surface area contributed by atoms with Gasteiger partial charge in [0.25, 0.3) is 0 Å². The van der Waals surface area contributed by atoms with E-state index in [-0.39, 0.29) is 17.7 Å². The van der Waals surface area contributed by atoms with Crippen LogP contribution in [0.5, 0.6) is 0 Å². The minimum absolute atomic E-state index is 0.0230. The molecule has 4 aromatic rings. The molecule has 8 nitrogen and oxygen atoms in total. The fourth-order valence-electron chi connectivity index (χ4n) is 4.13. The Kier molecular flexibility index (Phi) is 4.71. The summed E-state index contributed by atoms with van der Waals surface area (Å²) >= 11 is 0. The van der Waals surface area contributed by atoms with E-state index < -0.39 is 11.7 Å². The lowest BCUT2D eigenvalue weighted by Gasteiger charge is -2.20. The summed E-state index contributed by atoms with van der Waals surface area (Å²) in [4.78, 5) is 21.7. The van der Waals surface area contributed by atoms with Gasteiger partial charge in [-0.1, -0.05) is 0 Å². The smallest absolute Gasteiger partial charge is 0.382 e. The van der Waals surface area contributed by atoms with E-state index in [2.05, 4.69) is 30.6 Å². The van der Waals surface area contributed by atoms with Crippen molar-refractivity contribution in [1.82, 2.24) is 24.5 Å². The topological polar surface area (TPSA) is 92.9 Å². The maximum absolute atomic E-state index is 14.2. The Labute approximate surface area is 192 Å². The molecule has 1 aromatic carbocycles. The minimum atomic E-state index is -4.55. The highest BCUT2D eigenvalue weighted by Gasteiger charge is 2.37. The number of aliphatic imine (C=N–C) groups is 1. The third-order valence-corrected chi connectivity index (χ3v) is 5.81. The van der Waals surface area contributed by atoms with E-state index in [1.54, 1.807) is 37.1 Å². The number of hydrogen-bond donors (Lipinski definition) is 2. The molecule has 1 aliphatic heterocycles. The van der Waals surface area contributed by atoms with E-state index >= 15 is 0 Å². The predicted octanol–water partition coefficient (Wildman–Crippen LogP) is 4.66. The van der Waals surface area contributed by atoms with Crippen LogP contribution < -0.4 is 10.6 Å². The van der Waals surface area contributed by atoms with Crippen LogP contribution in [-0.2, 0) is 12.7 Å². The third kappa shape index (κ3) is 3.72. The largest absolute Gasteiger partial charge is 0.418 e. The molecule has 0 unspecified atom stereocenters. The molecule has 2 aliphatic rings. The average Bonchev–Trinajstić information content (AvgIpc) is 3.58. The number of hydrogen-bond acceptors (Lipinski definition) is 7. The van der Waals surface area contributed by atoms with Gasteiger partial charge in [-0.2, -0.15) is 13.2 Å². The summed E-state index contributed by atoms with van der Waals surface area (Å²) in [6.07, 6.45) is 5.29. The first-order valence-electron chi connectivity index (χ1n) is 10.9. The number of alkyl halides is 3. The van der Waals surface area contributed by atoms with Crippen LogP contribution in [-0.4, -0.2) is 43.3 Å². The Morgan fingerprint density at radius 2 is 1.85 bits per heavy atom. The van der Waals surface area contributed by atoms with Crippen molar-refractivity contribution in [2.24, 2.45) is 4.99 Å². The molecule has 0 atom stereocenters. The van der Waals surface area contributed by atoms with Crippen LogP contribution in [0.25, 0.3) is 22.4 Å². The van der Waals surface area contributed by atoms with Gasteiger partial charge in [0.15, 0.2) is 0 Å². The molecule has 3 aromatic heterocycles. The van der Waals surface area contributed by atoms with Crippen molar-refractivity contribution < 1.29 is 13.2 Å². The zero-order chi connectivity index (χ0) is 23.3. The van der Waals surface area contributed by atoms with Gasteiger partial charge in [0.05, 0.1) is 29.5 Å². The first-order chi connectivity index (χ1) is 16.5. The standard InChI is InChI=1S/C23H19F3N8/c24-23(25,26)16-8-15(21-32-19-12-28-11-13-10-27-6-7-34(21)20(13)19)17(9-18(16)31-14-2-3-14)33-22-29-4-1-5-30-22/h1,4-5,8-12,14,31H,2-3,6-7H2,(H,29,30,33). The fraction of sp³-hybridized carbons (Fsp3) is 0.261. The Hall–Kier alpha value is -4.02. The summed E-state index contributed by atoms with van der Waals surface area (Å²) in [6.45, 7) is 0.954. The second-order valence-electron chi connectivity index (χ2n) is 8.28. The van der Waals surface area contributed by atoms with E-state index in [0.29, 0.717) is 35.7 Å². The van der Waals surface area contributed by atoms with Crippen LogP contribution >= 0.6 is 0 Å². The van der Waals surface area contributed by atoms with Crippen LogP contribution in [0.3, 0.4) is 0 Å². The number of halogens is 3. The molecular formula is C23H19F3N8. The minimum Gasteiger partial charge on any atom is -0.382 e. The third-order valence-electron chi connectivity index (χ3n) is 5.81. The first-order valence-corrected chi connectivity index (χ1v) is 10.9. The van der Waals surface area contributed by atoms with Crippen molar-refractivity contribution in [3.05, 3.63) is 54.1 Å². The molecule has 11 heteroatoms. The first kappa shape index (κ1) is 20.6. The number of nitrogens with zero attached hydrogens (tertiary/aromatic N) is 6. The molecule has 4 heterocycles. The zero-order valence-corrected chi connectivity index (χ0v) is 17.8. The number of benzene rings is 1. The SMILES string of the molecule is FC(F)(F)c1cc(-c2nc3cncc4c3n2CCN=C4)c(Nc2ncccn2)cc1NC1CC1. The Balaban J connectivity index is 1.59. The summed E-state index contributed by atoms with van der Waals surface area (Å²) in [7, 11) is 0. The summed E-state index contributed by atoms with van der Waals surface area (Å²) in [6, 6.07) is 4.34. The van der Waals surface area contributed by atoms with Crippen LogP contribution in [0.2, 0.25) is 0 Å². The summed E-state index contributed by atoms with van der Waals surface area (Å²) < 4.78 is 44.4.